The van der Waals surface area contributed by atoms with Crippen molar-refractivity contribution >= 4 is 17.6 Å². The number of ether oxygens (including phenoxy) is 2. The van der Waals surface area contributed by atoms with Crippen molar-refractivity contribution in [1.29, 1.82) is 0 Å². The summed E-state index contributed by atoms with van der Waals surface area (Å²) in [6.45, 7) is 10.3. The van der Waals surface area contributed by atoms with Crippen LogP contribution in [0.15, 0.2) is 48.5 Å². The molecule has 0 fully saturated rings. The molecular formula is C23H29ClO3. The van der Waals surface area contributed by atoms with Gasteiger partial charge in [-0.05, 0) is 61.6 Å². The molecule has 0 aromatic heterocycles. The van der Waals surface area contributed by atoms with E-state index in [4.69, 9.17) is 21.1 Å². The minimum Gasteiger partial charge on any atom is -0.475 e. The molecule has 4 heteroatoms. The van der Waals surface area contributed by atoms with Crippen molar-refractivity contribution < 1.29 is 14.3 Å². The molecule has 0 heterocycles. The highest BCUT2D eigenvalue weighted by molar-refractivity contribution is 6.30. The third kappa shape index (κ3) is 5.04. The molecule has 0 saturated heterocycles. The predicted molar refractivity (Wildman–Crippen MR) is 111 cm³/mol. The van der Waals surface area contributed by atoms with Gasteiger partial charge >= 0.3 is 5.97 Å². The number of esters is 1. The van der Waals surface area contributed by atoms with Gasteiger partial charge in [0.15, 0.2) is 0 Å². The fourth-order valence-corrected chi connectivity index (χ4v) is 3.46. The second-order valence-corrected chi connectivity index (χ2v) is 7.60. The fourth-order valence-electron chi connectivity index (χ4n) is 3.33. The second kappa shape index (κ2) is 9.27. The molecule has 0 unspecified atom stereocenters. The zero-order chi connectivity index (χ0) is 20.0. The molecule has 2 atom stereocenters. The van der Waals surface area contributed by atoms with E-state index in [2.05, 4.69) is 13.8 Å². The molecule has 0 amide bonds. The van der Waals surface area contributed by atoms with Crippen molar-refractivity contribution in [2.75, 3.05) is 6.61 Å². The molecule has 0 aliphatic rings. The Balaban J connectivity index is 2.40. The Kier molecular flexibility index (Phi) is 7.32. The van der Waals surface area contributed by atoms with Crippen LogP contribution in [0.2, 0.25) is 5.02 Å². The molecule has 0 N–H and O–H groups in total. The molecule has 3 nitrogen and oxygen atoms in total. The number of benzene rings is 2. The van der Waals surface area contributed by atoms with E-state index in [0.717, 1.165) is 12.0 Å². The van der Waals surface area contributed by atoms with Crippen LogP contribution in [0, 0.1) is 0 Å². The summed E-state index contributed by atoms with van der Waals surface area (Å²) in [5.74, 6) is 0.564. The highest BCUT2D eigenvalue weighted by Crippen LogP contribution is 2.37. The van der Waals surface area contributed by atoms with Crippen molar-refractivity contribution in [2.45, 2.75) is 58.5 Å². The monoisotopic (exact) mass is 388 g/mol. The summed E-state index contributed by atoms with van der Waals surface area (Å²) in [5.41, 5.74) is 1.08. The standard InChI is InChI=1S/C23H29ClO3/c1-6-21(18-8-12-19(24)13-9-18)23(5,22(25)26-7-2)27-20-14-10-17(11-15-20)16(3)4/h8-16,21H,6-7H2,1-5H3/t21-,23+/m1/s1. The summed E-state index contributed by atoms with van der Waals surface area (Å²) < 4.78 is 11.7. The van der Waals surface area contributed by atoms with Gasteiger partial charge in [0.25, 0.3) is 0 Å². The summed E-state index contributed by atoms with van der Waals surface area (Å²) in [5, 5.41) is 0.664. The first-order valence-corrected chi connectivity index (χ1v) is 9.91. The van der Waals surface area contributed by atoms with Gasteiger partial charge in [0.1, 0.15) is 5.75 Å². The molecule has 2 aromatic rings. The van der Waals surface area contributed by atoms with E-state index in [1.54, 1.807) is 6.92 Å². The zero-order valence-corrected chi connectivity index (χ0v) is 17.5. The van der Waals surface area contributed by atoms with Crippen molar-refractivity contribution in [3.63, 3.8) is 0 Å². The predicted octanol–water partition coefficient (Wildman–Crippen LogP) is 6.36. The quantitative estimate of drug-likeness (QED) is 0.493. The lowest BCUT2D eigenvalue weighted by Gasteiger charge is -2.35. The lowest BCUT2D eigenvalue weighted by atomic mass is 9.81. The van der Waals surface area contributed by atoms with E-state index >= 15 is 0 Å². The SMILES string of the molecule is CCOC(=O)[C@@](C)(Oc1ccc(C(C)C)cc1)[C@H](CC)c1ccc(Cl)cc1. The van der Waals surface area contributed by atoms with Gasteiger partial charge in [0.05, 0.1) is 6.61 Å². The summed E-state index contributed by atoms with van der Waals surface area (Å²) in [6.07, 6.45) is 0.723. The van der Waals surface area contributed by atoms with Gasteiger partial charge in [-0.2, -0.15) is 0 Å². The number of carbonyl (C=O) groups is 1. The summed E-state index contributed by atoms with van der Waals surface area (Å²) in [6, 6.07) is 15.5. The third-order valence-corrected chi connectivity index (χ3v) is 5.15. The lowest BCUT2D eigenvalue weighted by molar-refractivity contribution is -0.162. The van der Waals surface area contributed by atoms with E-state index in [1.807, 2.05) is 62.4 Å². The normalized spacial score (nSPS) is 14.5. The van der Waals surface area contributed by atoms with Crippen LogP contribution in [0.4, 0.5) is 0 Å². The van der Waals surface area contributed by atoms with Gasteiger partial charge in [-0.25, -0.2) is 4.79 Å². The Hall–Kier alpha value is -2.00. The molecule has 0 aliphatic heterocycles. The zero-order valence-electron chi connectivity index (χ0n) is 16.8. The molecule has 2 aromatic carbocycles. The highest BCUT2D eigenvalue weighted by atomic mass is 35.5. The molecule has 0 bridgehead atoms. The van der Waals surface area contributed by atoms with Gasteiger partial charge in [-0.15, -0.1) is 0 Å². The Bertz CT molecular complexity index is 737. The highest BCUT2D eigenvalue weighted by Gasteiger charge is 2.45. The van der Waals surface area contributed by atoms with Crippen LogP contribution in [-0.2, 0) is 9.53 Å². The van der Waals surface area contributed by atoms with Crippen LogP contribution in [0.5, 0.6) is 5.75 Å². The maximum atomic E-state index is 12.9. The Labute approximate surface area is 167 Å². The van der Waals surface area contributed by atoms with Crippen LogP contribution in [0.3, 0.4) is 0 Å². The molecule has 0 spiro atoms. The van der Waals surface area contributed by atoms with Gasteiger partial charge in [0.2, 0.25) is 5.60 Å². The van der Waals surface area contributed by atoms with E-state index < -0.39 is 5.60 Å². The number of hydrogen-bond donors (Lipinski definition) is 0. The first-order valence-electron chi connectivity index (χ1n) is 9.53. The molecule has 0 saturated carbocycles. The fraction of sp³-hybridized carbons (Fsp3) is 0.435. The van der Waals surface area contributed by atoms with Crippen LogP contribution in [-0.4, -0.2) is 18.2 Å². The van der Waals surface area contributed by atoms with Crippen LogP contribution in [0.1, 0.15) is 64.0 Å². The van der Waals surface area contributed by atoms with E-state index in [1.165, 1.54) is 5.56 Å². The first kappa shape index (κ1) is 21.3. The lowest BCUT2D eigenvalue weighted by Crippen LogP contribution is -2.48. The van der Waals surface area contributed by atoms with Crippen molar-refractivity contribution in [1.82, 2.24) is 0 Å². The minimum atomic E-state index is -1.14. The average molecular weight is 389 g/mol. The number of carbonyl (C=O) groups excluding carboxylic acids is 1. The first-order chi connectivity index (χ1) is 12.8. The van der Waals surface area contributed by atoms with Crippen molar-refractivity contribution in [3.8, 4) is 5.75 Å². The van der Waals surface area contributed by atoms with Gasteiger partial charge < -0.3 is 9.47 Å². The van der Waals surface area contributed by atoms with Crippen LogP contribution < -0.4 is 4.74 Å². The largest absolute Gasteiger partial charge is 0.475 e. The summed E-state index contributed by atoms with van der Waals surface area (Å²) in [7, 11) is 0. The van der Waals surface area contributed by atoms with Gasteiger partial charge in [-0.3, -0.25) is 0 Å². The number of halogens is 1. The van der Waals surface area contributed by atoms with Crippen molar-refractivity contribution in [2.24, 2.45) is 0 Å². The molecule has 27 heavy (non-hydrogen) atoms. The molecule has 0 aliphatic carbocycles. The molecule has 0 radical (unpaired) electrons. The van der Waals surface area contributed by atoms with Gasteiger partial charge in [-0.1, -0.05) is 56.6 Å². The Morgan fingerprint density at radius 1 is 1.00 bits per heavy atom. The maximum Gasteiger partial charge on any atom is 0.350 e. The van der Waals surface area contributed by atoms with Crippen molar-refractivity contribution in [3.05, 3.63) is 64.7 Å². The van der Waals surface area contributed by atoms with E-state index in [0.29, 0.717) is 23.3 Å². The second-order valence-electron chi connectivity index (χ2n) is 7.17. The molecular weight excluding hydrogens is 360 g/mol. The Morgan fingerprint density at radius 3 is 2.04 bits per heavy atom. The number of rotatable bonds is 8. The van der Waals surface area contributed by atoms with E-state index in [9.17, 15) is 4.79 Å². The van der Waals surface area contributed by atoms with Crippen LogP contribution in [0.25, 0.3) is 0 Å². The topological polar surface area (TPSA) is 35.5 Å². The smallest absolute Gasteiger partial charge is 0.350 e. The number of hydrogen-bond acceptors (Lipinski definition) is 3. The van der Waals surface area contributed by atoms with Gasteiger partial charge in [0, 0.05) is 10.9 Å². The maximum absolute atomic E-state index is 12.9. The minimum absolute atomic E-state index is 0.168. The summed E-state index contributed by atoms with van der Waals surface area (Å²) in [4.78, 5) is 12.9. The van der Waals surface area contributed by atoms with Crippen LogP contribution >= 0.6 is 11.6 Å². The third-order valence-electron chi connectivity index (χ3n) is 4.90. The summed E-state index contributed by atoms with van der Waals surface area (Å²) >= 11 is 6.03. The molecule has 2 rings (SSSR count). The molecule has 146 valence electrons. The Morgan fingerprint density at radius 2 is 1.56 bits per heavy atom. The van der Waals surface area contributed by atoms with E-state index in [-0.39, 0.29) is 11.9 Å². The average Bonchev–Trinajstić information content (AvgIpc) is 2.64.